The summed E-state index contributed by atoms with van der Waals surface area (Å²) in [6.45, 7) is 12.0. The molecule has 96 valence electrons. The average Bonchev–Trinajstić information content (AvgIpc) is 2.28. The summed E-state index contributed by atoms with van der Waals surface area (Å²) < 4.78 is 5.57. The van der Waals surface area contributed by atoms with Gasteiger partial charge in [-0.15, -0.1) is 0 Å². The van der Waals surface area contributed by atoms with E-state index in [-0.39, 0.29) is 0 Å². The molecule has 0 fully saturated rings. The maximum atomic E-state index is 5.57. The van der Waals surface area contributed by atoms with Crippen molar-refractivity contribution < 1.29 is 4.74 Å². The van der Waals surface area contributed by atoms with Crippen molar-refractivity contribution >= 4 is 0 Å². The lowest BCUT2D eigenvalue weighted by molar-refractivity contribution is 0.150. The van der Waals surface area contributed by atoms with E-state index in [4.69, 9.17) is 4.74 Å². The first kappa shape index (κ1) is 15.7. The number of hydrogen-bond acceptors (Lipinski definition) is 2. The van der Waals surface area contributed by atoms with Crippen LogP contribution in [-0.4, -0.2) is 26.3 Å². The molecule has 0 rings (SSSR count). The Labute approximate surface area is 101 Å². The fourth-order valence-corrected chi connectivity index (χ4v) is 1.52. The van der Waals surface area contributed by atoms with Crippen LogP contribution in [0.1, 0.15) is 52.4 Å². The van der Waals surface area contributed by atoms with E-state index in [9.17, 15) is 0 Å². The van der Waals surface area contributed by atoms with Gasteiger partial charge in [-0.05, 0) is 25.0 Å². The van der Waals surface area contributed by atoms with Gasteiger partial charge in [0.15, 0.2) is 0 Å². The van der Waals surface area contributed by atoms with Crippen LogP contribution in [0, 0.1) is 0 Å². The Kier molecular flexibility index (Phi) is 12.5. The highest BCUT2D eigenvalue weighted by Gasteiger charge is 1.94. The minimum Gasteiger partial charge on any atom is -0.377 e. The first-order chi connectivity index (χ1) is 7.81. The van der Waals surface area contributed by atoms with Crippen molar-refractivity contribution in [2.75, 3.05) is 26.3 Å². The summed E-state index contributed by atoms with van der Waals surface area (Å²) in [6, 6.07) is 0. The second-order valence-corrected chi connectivity index (χ2v) is 4.39. The van der Waals surface area contributed by atoms with Crippen molar-refractivity contribution in [2.45, 2.75) is 52.4 Å². The molecule has 16 heavy (non-hydrogen) atoms. The standard InChI is InChI=1S/C14H29NO/c1-4-6-7-8-9-11-16-13-14(3)12-15-10-5-2/h15H,3-13H2,1-2H3. The van der Waals surface area contributed by atoms with Crippen LogP contribution in [0.4, 0.5) is 0 Å². The quantitative estimate of drug-likeness (QED) is 0.407. The average molecular weight is 227 g/mol. The van der Waals surface area contributed by atoms with E-state index < -0.39 is 0 Å². The molecule has 0 radical (unpaired) electrons. The van der Waals surface area contributed by atoms with Crippen LogP contribution in [0.3, 0.4) is 0 Å². The molecular weight excluding hydrogens is 198 g/mol. The fourth-order valence-electron chi connectivity index (χ4n) is 1.52. The van der Waals surface area contributed by atoms with Crippen LogP contribution in [0.2, 0.25) is 0 Å². The SMILES string of the molecule is C=C(CNCCC)COCCCCCCC. The maximum Gasteiger partial charge on any atom is 0.0686 e. The van der Waals surface area contributed by atoms with E-state index in [0.29, 0.717) is 6.61 Å². The molecule has 0 aromatic heterocycles. The Balaban J connectivity index is 3.09. The molecule has 2 nitrogen and oxygen atoms in total. The summed E-state index contributed by atoms with van der Waals surface area (Å²) in [4.78, 5) is 0. The van der Waals surface area contributed by atoms with Gasteiger partial charge >= 0.3 is 0 Å². The van der Waals surface area contributed by atoms with Gasteiger partial charge in [-0.1, -0.05) is 46.1 Å². The Morgan fingerprint density at radius 2 is 1.81 bits per heavy atom. The Bertz CT molecular complexity index is 157. The molecule has 2 heteroatoms. The summed E-state index contributed by atoms with van der Waals surface area (Å²) in [7, 11) is 0. The predicted molar refractivity (Wildman–Crippen MR) is 71.9 cm³/mol. The summed E-state index contributed by atoms with van der Waals surface area (Å²) >= 11 is 0. The van der Waals surface area contributed by atoms with Crippen molar-refractivity contribution in [1.29, 1.82) is 0 Å². The second-order valence-electron chi connectivity index (χ2n) is 4.39. The fraction of sp³-hybridized carbons (Fsp3) is 0.857. The molecule has 0 atom stereocenters. The third-order valence-corrected chi connectivity index (χ3v) is 2.50. The lowest BCUT2D eigenvalue weighted by Gasteiger charge is -2.08. The zero-order valence-corrected chi connectivity index (χ0v) is 11.2. The number of rotatable bonds is 12. The molecule has 0 amide bonds. The molecule has 0 aromatic rings. The van der Waals surface area contributed by atoms with Gasteiger partial charge in [0.25, 0.3) is 0 Å². The third kappa shape index (κ3) is 11.7. The van der Waals surface area contributed by atoms with Gasteiger partial charge in [0.05, 0.1) is 6.61 Å². The molecule has 0 spiro atoms. The number of nitrogens with one attached hydrogen (secondary N) is 1. The van der Waals surface area contributed by atoms with Crippen molar-refractivity contribution in [1.82, 2.24) is 5.32 Å². The Morgan fingerprint density at radius 1 is 1.06 bits per heavy atom. The van der Waals surface area contributed by atoms with E-state index in [0.717, 1.165) is 25.3 Å². The van der Waals surface area contributed by atoms with E-state index in [2.05, 4.69) is 25.7 Å². The highest BCUT2D eigenvalue weighted by Crippen LogP contribution is 2.02. The van der Waals surface area contributed by atoms with Crippen molar-refractivity contribution in [3.05, 3.63) is 12.2 Å². The number of unbranched alkanes of at least 4 members (excludes halogenated alkanes) is 4. The number of ether oxygens (including phenoxy) is 1. The first-order valence-corrected chi connectivity index (χ1v) is 6.76. The van der Waals surface area contributed by atoms with Crippen molar-refractivity contribution in [2.24, 2.45) is 0 Å². The molecule has 1 N–H and O–H groups in total. The summed E-state index contributed by atoms with van der Waals surface area (Å²) in [5.74, 6) is 0. The topological polar surface area (TPSA) is 21.3 Å². The highest BCUT2D eigenvalue weighted by atomic mass is 16.5. The zero-order chi connectivity index (χ0) is 12.1. The zero-order valence-electron chi connectivity index (χ0n) is 11.2. The molecular formula is C14H29NO. The highest BCUT2D eigenvalue weighted by molar-refractivity contribution is 4.96. The minimum absolute atomic E-state index is 0.713. The molecule has 0 aliphatic heterocycles. The lowest BCUT2D eigenvalue weighted by atomic mass is 10.2. The van der Waals surface area contributed by atoms with Crippen LogP contribution in [0.5, 0.6) is 0 Å². The molecule has 0 aliphatic carbocycles. The van der Waals surface area contributed by atoms with Gasteiger partial charge in [-0.25, -0.2) is 0 Å². The van der Waals surface area contributed by atoms with Crippen molar-refractivity contribution in [3.8, 4) is 0 Å². The summed E-state index contributed by atoms with van der Waals surface area (Å²) in [5.41, 5.74) is 1.15. The van der Waals surface area contributed by atoms with Crippen LogP contribution < -0.4 is 5.32 Å². The largest absolute Gasteiger partial charge is 0.377 e. The predicted octanol–water partition coefficient (Wildman–Crippen LogP) is 3.53. The van der Waals surface area contributed by atoms with E-state index in [1.807, 2.05) is 0 Å². The van der Waals surface area contributed by atoms with Gasteiger partial charge < -0.3 is 10.1 Å². The van der Waals surface area contributed by atoms with Crippen LogP contribution in [-0.2, 0) is 4.74 Å². The summed E-state index contributed by atoms with van der Waals surface area (Å²) in [5, 5.41) is 3.32. The lowest BCUT2D eigenvalue weighted by Crippen LogP contribution is -2.19. The Morgan fingerprint density at radius 3 is 2.50 bits per heavy atom. The van der Waals surface area contributed by atoms with Crippen LogP contribution in [0.15, 0.2) is 12.2 Å². The summed E-state index contributed by atoms with van der Waals surface area (Å²) in [6.07, 6.45) is 7.67. The van der Waals surface area contributed by atoms with Gasteiger partial charge in [0, 0.05) is 13.2 Å². The van der Waals surface area contributed by atoms with E-state index >= 15 is 0 Å². The normalized spacial score (nSPS) is 10.6. The maximum absolute atomic E-state index is 5.57. The third-order valence-electron chi connectivity index (χ3n) is 2.50. The van der Waals surface area contributed by atoms with Crippen LogP contribution >= 0.6 is 0 Å². The van der Waals surface area contributed by atoms with E-state index in [1.165, 1.54) is 38.5 Å². The molecule has 0 unspecified atom stereocenters. The first-order valence-electron chi connectivity index (χ1n) is 6.76. The van der Waals surface area contributed by atoms with E-state index in [1.54, 1.807) is 0 Å². The smallest absolute Gasteiger partial charge is 0.0686 e. The van der Waals surface area contributed by atoms with Gasteiger partial charge in [0.2, 0.25) is 0 Å². The van der Waals surface area contributed by atoms with Gasteiger partial charge in [-0.3, -0.25) is 0 Å². The molecule has 0 heterocycles. The van der Waals surface area contributed by atoms with Gasteiger partial charge in [-0.2, -0.15) is 0 Å². The number of hydrogen-bond donors (Lipinski definition) is 1. The van der Waals surface area contributed by atoms with Crippen LogP contribution in [0.25, 0.3) is 0 Å². The molecule has 0 aliphatic rings. The minimum atomic E-state index is 0.713. The molecule has 0 saturated heterocycles. The molecule has 0 saturated carbocycles. The monoisotopic (exact) mass is 227 g/mol. The second kappa shape index (κ2) is 12.7. The van der Waals surface area contributed by atoms with Gasteiger partial charge in [0.1, 0.15) is 0 Å². The Hall–Kier alpha value is -0.340. The van der Waals surface area contributed by atoms with Crippen molar-refractivity contribution in [3.63, 3.8) is 0 Å². The molecule has 0 aromatic carbocycles. The molecule has 0 bridgehead atoms.